The van der Waals surface area contributed by atoms with Crippen molar-refractivity contribution in [1.29, 1.82) is 0 Å². The zero-order valence-corrected chi connectivity index (χ0v) is 16.0. The van der Waals surface area contributed by atoms with Gasteiger partial charge in [0.05, 0.1) is 0 Å². The Morgan fingerprint density at radius 2 is 2.07 bits per heavy atom. The predicted octanol–water partition coefficient (Wildman–Crippen LogP) is 1.65. The molecule has 0 saturated carbocycles. The third-order valence-electron chi connectivity index (χ3n) is 4.00. The number of nitrogens with one attached hydrogen (secondary N) is 1. The van der Waals surface area contributed by atoms with Crippen molar-refractivity contribution in [3.8, 4) is 0 Å². The van der Waals surface area contributed by atoms with Crippen LogP contribution in [0.2, 0.25) is 0 Å². The van der Waals surface area contributed by atoms with E-state index in [0.717, 1.165) is 0 Å². The Morgan fingerprint density at radius 3 is 2.64 bits per heavy atom. The van der Waals surface area contributed by atoms with Crippen molar-refractivity contribution >= 4 is 5.91 Å². The summed E-state index contributed by atoms with van der Waals surface area (Å²) in [4.78, 5) is 30.3. The zero-order valence-electron chi connectivity index (χ0n) is 16.0. The Hall–Kier alpha value is -2.69. The molecule has 0 aliphatic carbocycles. The number of carbonyl (C=O) groups is 1. The number of hydrogen-bond donors (Lipinski definition) is 1. The standard InChI is InChI=1S/C17H22F3N5O3/c1-10-6-8-25(11(2)9-24(3)4)15(27)13(10)14(26)21-7-5-12-22-16(28-23-12)17(18,19)20/h6,8,11H,5,7,9H2,1-4H3,(H,21,26). The minimum atomic E-state index is -4.72. The summed E-state index contributed by atoms with van der Waals surface area (Å²) in [6.07, 6.45) is -3.15. The number of pyridine rings is 1. The largest absolute Gasteiger partial charge is 0.471 e. The molecule has 1 N–H and O–H groups in total. The number of likely N-dealkylation sites (N-methyl/N-ethyl adjacent to an activating group) is 1. The first kappa shape index (κ1) is 21.6. The van der Waals surface area contributed by atoms with E-state index in [9.17, 15) is 22.8 Å². The minimum absolute atomic E-state index is 0.00259. The molecule has 0 saturated heterocycles. The van der Waals surface area contributed by atoms with E-state index in [0.29, 0.717) is 12.1 Å². The Bertz CT molecular complexity index is 889. The van der Waals surface area contributed by atoms with Gasteiger partial charge in [-0.25, -0.2) is 0 Å². The van der Waals surface area contributed by atoms with Gasteiger partial charge in [-0.3, -0.25) is 9.59 Å². The van der Waals surface area contributed by atoms with Gasteiger partial charge < -0.3 is 19.3 Å². The van der Waals surface area contributed by atoms with Crippen molar-refractivity contribution in [3.63, 3.8) is 0 Å². The molecule has 0 bridgehead atoms. The van der Waals surface area contributed by atoms with E-state index in [4.69, 9.17) is 0 Å². The van der Waals surface area contributed by atoms with Crippen LogP contribution in [0.3, 0.4) is 0 Å². The lowest BCUT2D eigenvalue weighted by Crippen LogP contribution is -2.37. The first-order chi connectivity index (χ1) is 13.0. The quantitative estimate of drug-likeness (QED) is 0.759. The lowest BCUT2D eigenvalue weighted by atomic mass is 10.1. The van der Waals surface area contributed by atoms with Crippen molar-refractivity contribution in [3.05, 3.63) is 45.5 Å². The molecule has 1 amide bonds. The van der Waals surface area contributed by atoms with E-state index >= 15 is 0 Å². The summed E-state index contributed by atoms with van der Waals surface area (Å²) >= 11 is 0. The summed E-state index contributed by atoms with van der Waals surface area (Å²) in [6.45, 7) is 4.08. The Labute approximate surface area is 159 Å². The summed E-state index contributed by atoms with van der Waals surface area (Å²) in [5, 5.41) is 5.74. The van der Waals surface area contributed by atoms with Crippen LogP contribution in [0.15, 0.2) is 21.6 Å². The average Bonchev–Trinajstić information content (AvgIpc) is 3.03. The van der Waals surface area contributed by atoms with Gasteiger partial charge in [0.2, 0.25) is 0 Å². The van der Waals surface area contributed by atoms with Crippen LogP contribution in [0.1, 0.15) is 40.6 Å². The van der Waals surface area contributed by atoms with Gasteiger partial charge in [0.1, 0.15) is 5.56 Å². The number of rotatable bonds is 7. The van der Waals surface area contributed by atoms with Gasteiger partial charge >= 0.3 is 12.1 Å². The first-order valence-corrected chi connectivity index (χ1v) is 8.55. The van der Waals surface area contributed by atoms with Crippen LogP contribution in [0.25, 0.3) is 0 Å². The second-order valence-corrected chi connectivity index (χ2v) is 6.72. The maximum Gasteiger partial charge on any atom is 0.471 e. The highest BCUT2D eigenvalue weighted by Crippen LogP contribution is 2.27. The van der Waals surface area contributed by atoms with Crippen LogP contribution in [0.5, 0.6) is 0 Å². The molecule has 1 unspecified atom stereocenters. The number of amides is 1. The van der Waals surface area contributed by atoms with Crippen molar-refractivity contribution in [2.45, 2.75) is 32.5 Å². The normalized spacial score (nSPS) is 13.0. The molecule has 0 spiro atoms. The van der Waals surface area contributed by atoms with Gasteiger partial charge in [0, 0.05) is 31.7 Å². The van der Waals surface area contributed by atoms with Crippen molar-refractivity contribution in [1.82, 2.24) is 24.9 Å². The maximum atomic E-state index is 12.7. The number of alkyl halides is 3. The Balaban J connectivity index is 2.08. The highest BCUT2D eigenvalue weighted by molar-refractivity contribution is 5.95. The number of hydrogen-bond acceptors (Lipinski definition) is 6. The number of carbonyl (C=O) groups excluding carboxylic acids is 1. The molecule has 0 radical (unpaired) electrons. The smallest absolute Gasteiger partial charge is 0.351 e. The molecule has 2 heterocycles. The molecule has 2 aromatic heterocycles. The zero-order chi connectivity index (χ0) is 21.1. The SMILES string of the molecule is Cc1ccn(C(C)CN(C)C)c(=O)c1C(=O)NCCc1noc(C(F)(F)F)n1. The molecular weight excluding hydrogens is 379 g/mol. The second-order valence-electron chi connectivity index (χ2n) is 6.72. The fourth-order valence-electron chi connectivity index (χ4n) is 2.73. The summed E-state index contributed by atoms with van der Waals surface area (Å²) < 4.78 is 42.9. The molecule has 0 aliphatic rings. The van der Waals surface area contributed by atoms with E-state index in [-0.39, 0.29) is 30.4 Å². The molecule has 1 atom stereocenters. The molecule has 0 aliphatic heterocycles. The lowest BCUT2D eigenvalue weighted by molar-refractivity contribution is -0.159. The maximum absolute atomic E-state index is 12.7. The fraction of sp³-hybridized carbons (Fsp3) is 0.529. The number of halogens is 3. The van der Waals surface area contributed by atoms with E-state index < -0.39 is 23.5 Å². The third-order valence-corrected chi connectivity index (χ3v) is 4.00. The van der Waals surface area contributed by atoms with Gasteiger partial charge in [0.25, 0.3) is 11.5 Å². The van der Waals surface area contributed by atoms with E-state index in [1.807, 2.05) is 25.9 Å². The third kappa shape index (κ3) is 5.18. The average molecular weight is 401 g/mol. The molecule has 0 fully saturated rings. The minimum Gasteiger partial charge on any atom is -0.351 e. The van der Waals surface area contributed by atoms with Crippen molar-refractivity contribution < 1.29 is 22.5 Å². The summed E-state index contributed by atoms with van der Waals surface area (Å²) in [5.41, 5.74) is 0.0812. The molecule has 154 valence electrons. The van der Waals surface area contributed by atoms with Crippen LogP contribution in [-0.4, -0.2) is 52.7 Å². The highest BCUT2D eigenvalue weighted by atomic mass is 19.4. The summed E-state index contributed by atoms with van der Waals surface area (Å²) in [6, 6.07) is 1.53. The van der Waals surface area contributed by atoms with Crippen LogP contribution in [0.4, 0.5) is 13.2 Å². The number of aromatic nitrogens is 3. The van der Waals surface area contributed by atoms with Gasteiger partial charge in [-0.05, 0) is 39.6 Å². The van der Waals surface area contributed by atoms with Crippen LogP contribution in [-0.2, 0) is 12.6 Å². The highest BCUT2D eigenvalue weighted by Gasteiger charge is 2.38. The Morgan fingerprint density at radius 1 is 1.39 bits per heavy atom. The van der Waals surface area contributed by atoms with E-state index in [1.165, 1.54) is 4.57 Å². The predicted molar refractivity (Wildman–Crippen MR) is 94.0 cm³/mol. The molecular formula is C17H22F3N5O3. The number of aryl methyl sites for hydroxylation is 1. The van der Waals surface area contributed by atoms with Gasteiger partial charge in [-0.2, -0.15) is 18.2 Å². The summed E-state index contributed by atoms with van der Waals surface area (Å²) in [5.74, 6) is -2.23. The summed E-state index contributed by atoms with van der Waals surface area (Å²) in [7, 11) is 3.76. The second kappa shape index (κ2) is 8.55. The van der Waals surface area contributed by atoms with Gasteiger partial charge in [0.15, 0.2) is 5.82 Å². The lowest BCUT2D eigenvalue weighted by Gasteiger charge is -2.20. The first-order valence-electron chi connectivity index (χ1n) is 8.55. The topological polar surface area (TPSA) is 93.3 Å². The number of nitrogens with zero attached hydrogens (tertiary/aromatic N) is 4. The fourth-order valence-corrected chi connectivity index (χ4v) is 2.73. The molecule has 8 nitrogen and oxygen atoms in total. The van der Waals surface area contributed by atoms with Crippen molar-refractivity contribution in [2.24, 2.45) is 0 Å². The van der Waals surface area contributed by atoms with Crippen LogP contribution >= 0.6 is 0 Å². The molecule has 0 aromatic carbocycles. The molecule has 2 rings (SSSR count). The van der Waals surface area contributed by atoms with Crippen LogP contribution in [0, 0.1) is 6.92 Å². The Kier molecular flexibility index (Phi) is 6.60. The van der Waals surface area contributed by atoms with E-state index in [1.54, 1.807) is 19.2 Å². The van der Waals surface area contributed by atoms with Crippen LogP contribution < -0.4 is 10.9 Å². The molecule has 2 aromatic rings. The monoisotopic (exact) mass is 401 g/mol. The van der Waals surface area contributed by atoms with E-state index in [2.05, 4.69) is 20.0 Å². The molecule has 11 heteroatoms. The van der Waals surface area contributed by atoms with Gasteiger partial charge in [-0.1, -0.05) is 5.16 Å². The van der Waals surface area contributed by atoms with Crippen molar-refractivity contribution in [2.75, 3.05) is 27.2 Å². The van der Waals surface area contributed by atoms with Gasteiger partial charge in [-0.15, -0.1) is 0 Å². The molecule has 28 heavy (non-hydrogen) atoms.